The second-order valence-corrected chi connectivity index (χ2v) is 10.4. The number of nitrogen functional groups attached to an aromatic ring is 1. The monoisotopic (exact) mass is 538 g/mol. The molecule has 0 atom stereocenters. The number of hydrogen-bond donors (Lipinski definition) is 1. The highest BCUT2D eigenvalue weighted by Gasteiger charge is 2.38. The molecule has 0 unspecified atom stereocenters. The second kappa shape index (κ2) is 10.1. The molecule has 2 N–H and O–H groups in total. The number of hydrogen-bond acceptors (Lipinski definition) is 7. The summed E-state index contributed by atoms with van der Waals surface area (Å²) in [4.78, 5) is 16.6. The lowest BCUT2D eigenvalue weighted by atomic mass is 9.78. The van der Waals surface area contributed by atoms with Crippen molar-refractivity contribution in [2.45, 2.75) is 31.7 Å². The molecule has 2 aromatic carbocycles. The van der Waals surface area contributed by atoms with Crippen molar-refractivity contribution in [2.24, 2.45) is 0 Å². The van der Waals surface area contributed by atoms with Gasteiger partial charge in [-0.1, -0.05) is 30.3 Å². The lowest BCUT2D eigenvalue weighted by Crippen LogP contribution is -2.49. The van der Waals surface area contributed by atoms with Gasteiger partial charge in [-0.05, 0) is 31.9 Å². The average Bonchev–Trinajstić information content (AvgIpc) is 3.34. The summed E-state index contributed by atoms with van der Waals surface area (Å²) >= 11 is 0. The summed E-state index contributed by atoms with van der Waals surface area (Å²) in [6.45, 7) is 5.87. The average molecular weight is 539 g/mol. The van der Waals surface area contributed by atoms with Crippen LogP contribution in [0.25, 0.3) is 38.9 Å². The maximum atomic E-state index is 16.5. The van der Waals surface area contributed by atoms with Crippen molar-refractivity contribution in [1.82, 2.24) is 24.3 Å². The first-order chi connectivity index (χ1) is 19.6. The Morgan fingerprint density at radius 3 is 2.65 bits per heavy atom. The van der Waals surface area contributed by atoms with Crippen molar-refractivity contribution in [1.29, 1.82) is 0 Å². The van der Waals surface area contributed by atoms with Crippen LogP contribution in [0, 0.1) is 5.82 Å². The Kier molecular flexibility index (Phi) is 6.32. The smallest absolute Gasteiger partial charge is 0.159 e. The van der Waals surface area contributed by atoms with Crippen molar-refractivity contribution in [3.63, 3.8) is 0 Å². The van der Waals surface area contributed by atoms with Gasteiger partial charge in [0, 0.05) is 60.0 Å². The SMILES string of the molecule is CCOc1cc(-c2ccccc2)nc2c(F)c(-c3nc(C4CC(N5CCOCC5)C4)n4ccnc(N)c34)ccc12. The largest absolute Gasteiger partial charge is 0.493 e. The number of nitrogens with zero attached hydrogens (tertiary/aromatic N) is 5. The van der Waals surface area contributed by atoms with Gasteiger partial charge < -0.3 is 15.2 Å². The van der Waals surface area contributed by atoms with Crippen molar-refractivity contribution in [2.75, 3.05) is 38.6 Å². The topological polar surface area (TPSA) is 90.8 Å². The van der Waals surface area contributed by atoms with Gasteiger partial charge in [-0.2, -0.15) is 0 Å². The van der Waals surface area contributed by atoms with E-state index in [2.05, 4.69) is 9.88 Å². The van der Waals surface area contributed by atoms with Crippen LogP contribution in [0.2, 0.25) is 0 Å². The molecular formula is C31H31FN6O2. The van der Waals surface area contributed by atoms with Crippen LogP contribution >= 0.6 is 0 Å². The Labute approximate surface area is 231 Å². The molecule has 1 saturated heterocycles. The van der Waals surface area contributed by atoms with E-state index in [1.165, 1.54) is 0 Å². The molecule has 0 radical (unpaired) electrons. The number of pyridine rings is 1. The summed E-state index contributed by atoms with van der Waals surface area (Å²) in [5.74, 6) is 1.61. The molecule has 0 bridgehead atoms. The van der Waals surface area contributed by atoms with Crippen molar-refractivity contribution in [3.8, 4) is 28.3 Å². The molecule has 1 aliphatic heterocycles. The number of morpholine rings is 1. The Balaban J connectivity index is 1.33. The summed E-state index contributed by atoms with van der Waals surface area (Å²) in [6.07, 6.45) is 5.55. The van der Waals surface area contributed by atoms with Gasteiger partial charge in [-0.25, -0.2) is 19.3 Å². The number of imidazole rings is 1. The molecule has 2 fully saturated rings. The zero-order chi connectivity index (χ0) is 27.2. The molecule has 3 aromatic heterocycles. The summed E-state index contributed by atoms with van der Waals surface area (Å²) in [7, 11) is 0. The first kappa shape index (κ1) is 24.9. The minimum atomic E-state index is -0.453. The van der Waals surface area contributed by atoms with Crippen LogP contribution in [0.5, 0.6) is 5.75 Å². The fourth-order valence-corrected chi connectivity index (χ4v) is 6.04. The lowest BCUT2D eigenvalue weighted by Gasteiger charge is -2.43. The molecule has 0 spiro atoms. The maximum absolute atomic E-state index is 16.5. The van der Waals surface area contributed by atoms with E-state index in [-0.39, 0.29) is 11.4 Å². The van der Waals surface area contributed by atoms with Crippen molar-refractivity contribution in [3.05, 3.63) is 72.6 Å². The number of fused-ring (bicyclic) bond motifs is 2. The predicted molar refractivity (Wildman–Crippen MR) is 153 cm³/mol. The number of anilines is 1. The van der Waals surface area contributed by atoms with Gasteiger partial charge in [0.2, 0.25) is 0 Å². The summed E-state index contributed by atoms with van der Waals surface area (Å²) < 4.78 is 29.9. The standard InChI is InChI=1S/C31H31FN6O2/c1-2-40-25-18-24(19-6-4-3-5-7-19)35-27-22(25)8-9-23(26(27)32)28-29-30(33)34-10-11-38(29)31(36-28)20-16-21(17-20)37-12-14-39-15-13-37/h3-11,18,20-21H,2,12-17H2,1H3,(H2,33,34). The van der Waals surface area contributed by atoms with E-state index in [0.717, 1.165) is 50.5 Å². The van der Waals surface area contributed by atoms with E-state index in [0.29, 0.717) is 52.1 Å². The maximum Gasteiger partial charge on any atom is 0.159 e. The van der Waals surface area contributed by atoms with Crippen LogP contribution in [-0.2, 0) is 4.74 Å². The Bertz CT molecular complexity index is 1690. The van der Waals surface area contributed by atoms with E-state index >= 15 is 4.39 Å². The lowest BCUT2D eigenvalue weighted by molar-refractivity contribution is -0.00778. The second-order valence-electron chi connectivity index (χ2n) is 10.4. The van der Waals surface area contributed by atoms with Gasteiger partial charge in [0.1, 0.15) is 34.1 Å². The Morgan fingerprint density at radius 2 is 1.88 bits per heavy atom. The highest BCUT2D eigenvalue weighted by Crippen LogP contribution is 2.43. The number of ether oxygens (including phenoxy) is 2. The summed E-state index contributed by atoms with van der Waals surface area (Å²) in [5, 5.41) is 0.616. The first-order valence-corrected chi connectivity index (χ1v) is 13.9. The fourth-order valence-electron chi connectivity index (χ4n) is 6.04. The highest BCUT2D eigenvalue weighted by molar-refractivity contribution is 5.94. The molecule has 40 heavy (non-hydrogen) atoms. The Hall–Kier alpha value is -4.08. The van der Waals surface area contributed by atoms with Crippen molar-refractivity contribution < 1.29 is 13.9 Å². The van der Waals surface area contributed by atoms with Crippen LogP contribution in [0.15, 0.2) is 60.9 Å². The molecule has 4 heterocycles. The quantitative estimate of drug-likeness (QED) is 0.313. The van der Waals surface area contributed by atoms with Crippen LogP contribution in [0.1, 0.15) is 31.5 Å². The molecule has 7 rings (SSSR count). The molecular weight excluding hydrogens is 507 g/mol. The molecule has 1 saturated carbocycles. The highest BCUT2D eigenvalue weighted by atomic mass is 19.1. The summed E-state index contributed by atoms with van der Waals surface area (Å²) in [5.41, 5.74) is 9.61. The molecule has 204 valence electrons. The van der Waals surface area contributed by atoms with Gasteiger partial charge in [0.05, 0.1) is 25.5 Å². The third-order valence-electron chi connectivity index (χ3n) is 8.16. The van der Waals surface area contributed by atoms with E-state index in [4.69, 9.17) is 25.2 Å². The number of benzene rings is 2. The first-order valence-electron chi connectivity index (χ1n) is 13.9. The van der Waals surface area contributed by atoms with Gasteiger partial charge >= 0.3 is 0 Å². The van der Waals surface area contributed by atoms with E-state index in [9.17, 15) is 0 Å². The zero-order valence-corrected chi connectivity index (χ0v) is 22.4. The third kappa shape index (κ3) is 4.17. The Morgan fingerprint density at radius 1 is 1.07 bits per heavy atom. The van der Waals surface area contributed by atoms with Gasteiger partial charge in [-0.15, -0.1) is 0 Å². The fraction of sp³-hybridized carbons (Fsp3) is 0.323. The van der Waals surface area contributed by atoms with Gasteiger partial charge in [-0.3, -0.25) is 9.30 Å². The normalized spacial score (nSPS) is 19.6. The van der Waals surface area contributed by atoms with Gasteiger partial charge in [0.25, 0.3) is 0 Å². The predicted octanol–water partition coefficient (Wildman–Crippen LogP) is 5.31. The summed E-state index contributed by atoms with van der Waals surface area (Å²) in [6, 6.07) is 15.7. The van der Waals surface area contributed by atoms with Crippen LogP contribution in [0.3, 0.4) is 0 Å². The molecule has 9 heteroatoms. The molecule has 8 nitrogen and oxygen atoms in total. The van der Waals surface area contributed by atoms with Crippen LogP contribution in [0.4, 0.5) is 10.2 Å². The van der Waals surface area contributed by atoms with E-state index in [1.54, 1.807) is 12.3 Å². The minimum absolute atomic E-state index is 0.239. The molecule has 5 aromatic rings. The van der Waals surface area contributed by atoms with Crippen LogP contribution in [-0.4, -0.2) is 63.2 Å². The molecule has 1 aliphatic carbocycles. The molecule has 0 amide bonds. The number of halogens is 1. The van der Waals surface area contributed by atoms with Crippen LogP contribution < -0.4 is 10.5 Å². The van der Waals surface area contributed by atoms with E-state index in [1.807, 2.05) is 60.0 Å². The third-order valence-corrected chi connectivity index (χ3v) is 8.16. The van der Waals surface area contributed by atoms with E-state index < -0.39 is 5.82 Å². The number of nitrogens with two attached hydrogens (primary N) is 1. The number of aromatic nitrogens is 4. The van der Waals surface area contributed by atoms with Gasteiger partial charge in [0.15, 0.2) is 5.82 Å². The van der Waals surface area contributed by atoms with Crippen molar-refractivity contribution >= 4 is 22.2 Å². The zero-order valence-electron chi connectivity index (χ0n) is 22.4. The number of rotatable bonds is 6. The molecule has 2 aliphatic rings. The minimum Gasteiger partial charge on any atom is -0.493 e.